The third-order valence-corrected chi connectivity index (χ3v) is 4.65. The summed E-state index contributed by atoms with van der Waals surface area (Å²) >= 11 is 5.40. The molecule has 1 atom stereocenters. The summed E-state index contributed by atoms with van der Waals surface area (Å²) in [6.07, 6.45) is 4.24. The van der Waals surface area contributed by atoms with E-state index in [9.17, 15) is 0 Å². The highest BCUT2D eigenvalue weighted by Gasteiger charge is 2.16. The van der Waals surface area contributed by atoms with Gasteiger partial charge in [-0.05, 0) is 43.2 Å². The van der Waals surface area contributed by atoms with E-state index in [1.807, 2.05) is 18.0 Å². The number of thioether (sulfide) groups is 1. The Hall–Kier alpha value is -0.450. The van der Waals surface area contributed by atoms with Crippen molar-refractivity contribution in [1.29, 1.82) is 0 Å². The van der Waals surface area contributed by atoms with E-state index in [0.29, 0.717) is 6.04 Å². The van der Waals surface area contributed by atoms with Crippen LogP contribution in [0.25, 0.3) is 0 Å². The SMILES string of the molecule is CCNC(CSc1cccc(Br)c1)C1=COCCC1. The van der Waals surface area contributed by atoms with Crippen molar-refractivity contribution in [2.75, 3.05) is 18.9 Å². The van der Waals surface area contributed by atoms with E-state index in [1.54, 1.807) is 0 Å². The maximum atomic E-state index is 5.46. The fraction of sp³-hybridized carbons (Fsp3) is 0.467. The molecule has 104 valence electrons. The average molecular weight is 342 g/mol. The van der Waals surface area contributed by atoms with Gasteiger partial charge in [0.25, 0.3) is 0 Å². The molecule has 1 N–H and O–H groups in total. The molecule has 0 bridgehead atoms. The van der Waals surface area contributed by atoms with Crippen LogP contribution in [0, 0.1) is 0 Å². The van der Waals surface area contributed by atoms with Gasteiger partial charge in [-0.3, -0.25) is 0 Å². The van der Waals surface area contributed by atoms with Gasteiger partial charge >= 0.3 is 0 Å². The normalized spacial score (nSPS) is 16.6. The summed E-state index contributed by atoms with van der Waals surface area (Å²) in [7, 11) is 0. The molecule has 4 heteroatoms. The quantitative estimate of drug-likeness (QED) is 0.783. The summed E-state index contributed by atoms with van der Waals surface area (Å²) in [5, 5.41) is 3.56. The lowest BCUT2D eigenvalue weighted by Gasteiger charge is -2.23. The van der Waals surface area contributed by atoms with Crippen molar-refractivity contribution in [3.63, 3.8) is 0 Å². The van der Waals surface area contributed by atoms with Crippen LogP contribution in [-0.4, -0.2) is 24.9 Å². The number of rotatable bonds is 6. The van der Waals surface area contributed by atoms with Gasteiger partial charge in [0.1, 0.15) is 0 Å². The molecule has 0 fully saturated rings. The minimum absolute atomic E-state index is 0.411. The molecule has 0 saturated heterocycles. The molecule has 1 heterocycles. The summed E-state index contributed by atoms with van der Waals surface area (Å²) < 4.78 is 6.60. The largest absolute Gasteiger partial charge is 0.501 e. The number of hydrogen-bond donors (Lipinski definition) is 1. The van der Waals surface area contributed by atoms with Gasteiger partial charge in [0.05, 0.1) is 12.9 Å². The Kier molecular flexibility index (Phi) is 6.28. The highest BCUT2D eigenvalue weighted by atomic mass is 79.9. The van der Waals surface area contributed by atoms with Crippen LogP contribution in [0.3, 0.4) is 0 Å². The fourth-order valence-corrected chi connectivity index (χ4v) is 3.75. The first-order chi connectivity index (χ1) is 9.29. The maximum absolute atomic E-state index is 5.46. The lowest BCUT2D eigenvalue weighted by molar-refractivity contribution is 0.220. The molecule has 1 aliphatic heterocycles. The smallest absolute Gasteiger partial charge is 0.0876 e. The van der Waals surface area contributed by atoms with Crippen molar-refractivity contribution in [2.45, 2.75) is 30.7 Å². The zero-order chi connectivity index (χ0) is 13.5. The van der Waals surface area contributed by atoms with Crippen molar-refractivity contribution < 1.29 is 4.74 Å². The predicted molar refractivity (Wildman–Crippen MR) is 85.6 cm³/mol. The van der Waals surface area contributed by atoms with E-state index >= 15 is 0 Å². The lowest BCUT2D eigenvalue weighted by Crippen LogP contribution is -2.34. The topological polar surface area (TPSA) is 21.3 Å². The van der Waals surface area contributed by atoms with Gasteiger partial charge in [-0.25, -0.2) is 0 Å². The van der Waals surface area contributed by atoms with Gasteiger partial charge in [-0.1, -0.05) is 28.9 Å². The molecule has 2 rings (SSSR count). The van der Waals surface area contributed by atoms with Crippen LogP contribution in [0.2, 0.25) is 0 Å². The van der Waals surface area contributed by atoms with Gasteiger partial charge in [0.2, 0.25) is 0 Å². The highest BCUT2D eigenvalue weighted by molar-refractivity contribution is 9.10. The second kappa shape index (κ2) is 7.98. The maximum Gasteiger partial charge on any atom is 0.0876 e. The Morgan fingerprint density at radius 2 is 2.37 bits per heavy atom. The molecule has 1 aromatic rings. The standard InChI is InChI=1S/C15H20BrNOS/c1-2-17-15(12-5-4-8-18-10-12)11-19-14-7-3-6-13(16)9-14/h3,6-7,9-10,15,17H,2,4-5,8,11H2,1H3. The van der Waals surface area contributed by atoms with Gasteiger partial charge in [-0.2, -0.15) is 0 Å². The van der Waals surface area contributed by atoms with E-state index in [4.69, 9.17) is 4.74 Å². The van der Waals surface area contributed by atoms with Gasteiger partial charge in [-0.15, -0.1) is 11.8 Å². The molecular weight excluding hydrogens is 322 g/mol. The summed E-state index contributed by atoms with van der Waals surface area (Å²) in [5.41, 5.74) is 1.40. The second-order valence-corrected chi connectivity index (χ2v) is 6.55. The first kappa shape index (κ1) is 14.9. The number of halogens is 1. The van der Waals surface area contributed by atoms with Gasteiger partial charge in [0, 0.05) is 21.2 Å². The van der Waals surface area contributed by atoms with Crippen LogP contribution in [0.4, 0.5) is 0 Å². The molecular formula is C15H20BrNOS. The van der Waals surface area contributed by atoms with Crippen LogP contribution in [0.15, 0.2) is 45.5 Å². The Balaban J connectivity index is 1.95. The molecule has 1 aliphatic rings. The van der Waals surface area contributed by atoms with Crippen LogP contribution in [0.5, 0.6) is 0 Å². The molecule has 0 spiro atoms. The lowest BCUT2D eigenvalue weighted by atomic mass is 10.0. The Morgan fingerprint density at radius 1 is 1.47 bits per heavy atom. The molecule has 2 nitrogen and oxygen atoms in total. The van der Waals surface area contributed by atoms with Crippen molar-refractivity contribution in [3.05, 3.63) is 40.6 Å². The third kappa shape index (κ3) is 4.86. The molecule has 0 saturated carbocycles. The molecule has 0 aromatic heterocycles. The number of ether oxygens (including phenoxy) is 1. The van der Waals surface area contributed by atoms with E-state index < -0.39 is 0 Å². The van der Waals surface area contributed by atoms with Crippen molar-refractivity contribution in [2.24, 2.45) is 0 Å². The summed E-state index contributed by atoms with van der Waals surface area (Å²) in [5.74, 6) is 1.04. The summed E-state index contributed by atoms with van der Waals surface area (Å²) in [6, 6.07) is 8.87. The third-order valence-electron chi connectivity index (χ3n) is 3.07. The van der Waals surface area contributed by atoms with E-state index in [2.05, 4.69) is 52.4 Å². The van der Waals surface area contributed by atoms with Gasteiger partial charge < -0.3 is 10.1 Å². The highest BCUT2D eigenvalue weighted by Crippen LogP contribution is 2.25. The van der Waals surface area contributed by atoms with Crippen LogP contribution in [0.1, 0.15) is 19.8 Å². The predicted octanol–water partition coefficient (Wildman–Crippen LogP) is 4.21. The van der Waals surface area contributed by atoms with Crippen molar-refractivity contribution in [3.8, 4) is 0 Å². The Labute approximate surface area is 128 Å². The first-order valence-corrected chi connectivity index (χ1v) is 8.49. The van der Waals surface area contributed by atoms with Crippen LogP contribution >= 0.6 is 27.7 Å². The summed E-state index contributed by atoms with van der Waals surface area (Å²) in [6.45, 7) is 4.00. The zero-order valence-corrected chi connectivity index (χ0v) is 13.6. The minimum atomic E-state index is 0.411. The molecule has 0 radical (unpaired) electrons. The molecule has 19 heavy (non-hydrogen) atoms. The minimum Gasteiger partial charge on any atom is -0.501 e. The molecule has 1 aromatic carbocycles. The molecule has 1 unspecified atom stereocenters. The average Bonchev–Trinajstić information content (AvgIpc) is 2.44. The fourth-order valence-electron chi connectivity index (χ4n) is 2.12. The monoisotopic (exact) mass is 341 g/mol. The van der Waals surface area contributed by atoms with Crippen molar-refractivity contribution >= 4 is 27.7 Å². The first-order valence-electron chi connectivity index (χ1n) is 6.72. The number of likely N-dealkylation sites (N-methyl/N-ethyl adjacent to an activating group) is 1. The van der Waals surface area contributed by atoms with E-state index in [-0.39, 0.29) is 0 Å². The van der Waals surface area contributed by atoms with Crippen molar-refractivity contribution in [1.82, 2.24) is 5.32 Å². The molecule has 0 aliphatic carbocycles. The van der Waals surface area contributed by atoms with Gasteiger partial charge in [0.15, 0.2) is 0 Å². The Bertz CT molecular complexity index is 436. The van der Waals surface area contributed by atoms with E-state index in [1.165, 1.54) is 10.5 Å². The Morgan fingerprint density at radius 3 is 3.05 bits per heavy atom. The van der Waals surface area contributed by atoms with Crippen LogP contribution < -0.4 is 5.32 Å². The zero-order valence-electron chi connectivity index (χ0n) is 11.2. The number of benzene rings is 1. The van der Waals surface area contributed by atoms with E-state index in [0.717, 1.165) is 36.2 Å². The second-order valence-electron chi connectivity index (χ2n) is 4.55. The molecule has 0 amide bonds. The number of hydrogen-bond acceptors (Lipinski definition) is 3. The van der Waals surface area contributed by atoms with Crippen LogP contribution in [-0.2, 0) is 4.74 Å². The summed E-state index contributed by atoms with van der Waals surface area (Å²) in [4.78, 5) is 1.30. The number of nitrogens with one attached hydrogen (secondary N) is 1.